The fourth-order valence-corrected chi connectivity index (χ4v) is 2.49. The maximum atomic E-state index is 6.31. The molecule has 1 aromatic rings. The van der Waals surface area contributed by atoms with E-state index in [0.29, 0.717) is 0 Å². The van der Waals surface area contributed by atoms with E-state index in [1.165, 1.54) is 30.4 Å². The molecule has 0 heterocycles. The largest absolute Gasteiger partial charge is 0.321 e. The SMILES string of the molecule is Cc1c(Cl)cccc1C(N)C1=CCCCC1. The van der Waals surface area contributed by atoms with Gasteiger partial charge in [0.25, 0.3) is 0 Å². The van der Waals surface area contributed by atoms with Gasteiger partial charge in [0.05, 0.1) is 6.04 Å². The second-order valence-electron chi connectivity index (χ2n) is 4.46. The normalized spacial score (nSPS) is 18.1. The molecule has 1 unspecified atom stereocenters. The first-order valence-electron chi connectivity index (χ1n) is 5.89. The van der Waals surface area contributed by atoms with E-state index in [2.05, 4.69) is 12.1 Å². The summed E-state index contributed by atoms with van der Waals surface area (Å²) in [5.41, 5.74) is 9.97. The third kappa shape index (κ3) is 2.31. The van der Waals surface area contributed by atoms with Crippen LogP contribution in [0.4, 0.5) is 0 Å². The zero-order valence-electron chi connectivity index (χ0n) is 9.67. The molecule has 2 rings (SSSR count). The summed E-state index contributed by atoms with van der Waals surface area (Å²) in [7, 11) is 0. The zero-order chi connectivity index (χ0) is 11.5. The Hall–Kier alpha value is -0.790. The summed E-state index contributed by atoms with van der Waals surface area (Å²) in [5, 5.41) is 0.810. The summed E-state index contributed by atoms with van der Waals surface area (Å²) in [6, 6.07) is 6.01. The highest BCUT2D eigenvalue weighted by atomic mass is 35.5. The average Bonchev–Trinajstić information content (AvgIpc) is 2.33. The zero-order valence-corrected chi connectivity index (χ0v) is 10.4. The second kappa shape index (κ2) is 5.03. The minimum atomic E-state index is 0.0269. The maximum absolute atomic E-state index is 6.31. The minimum Gasteiger partial charge on any atom is -0.321 e. The third-order valence-electron chi connectivity index (χ3n) is 3.37. The molecule has 0 radical (unpaired) electrons. The van der Waals surface area contributed by atoms with E-state index in [1.54, 1.807) is 0 Å². The first-order valence-corrected chi connectivity index (χ1v) is 6.27. The summed E-state index contributed by atoms with van der Waals surface area (Å²) < 4.78 is 0. The molecule has 1 aliphatic rings. The molecule has 0 bridgehead atoms. The van der Waals surface area contributed by atoms with Gasteiger partial charge in [-0.25, -0.2) is 0 Å². The summed E-state index contributed by atoms with van der Waals surface area (Å²) in [6.45, 7) is 2.04. The van der Waals surface area contributed by atoms with Crippen molar-refractivity contribution >= 4 is 11.6 Å². The van der Waals surface area contributed by atoms with E-state index in [4.69, 9.17) is 17.3 Å². The molecule has 0 aromatic heterocycles. The Morgan fingerprint density at radius 1 is 1.31 bits per heavy atom. The molecule has 1 atom stereocenters. The van der Waals surface area contributed by atoms with Crippen molar-refractivity contribution in [3.05, 3.63) is 46.0 Å². The number of benzene rings is 1. The first kappa shape index (κ1) is 11.7. The van der Waals surface area contributed by atoms with Crippen molar-refractivity contribution in [1.29, 1.82) is 0 Å². The molecule has 86 valence electrons. The topological polar surface area (TPSA) is 26.0 Å². The lowest BCUT2D eigenvalue weighted by Crippen LogP contribution is -2.16. The van der Waals surface area contributed by atoms with Gasteiger partial charge in [0.1, 0.15) is 0 Å². The van der Waals surface area contributed by atoms with Gasteiger partial charge in [-0.1, -0.05) is 35.4 Å². The minimum absolute atomic E-state index is 0.0269. The molecule has 16 heavy (non-hydrogen) atoms. The van der Waals surface area contributed by atoms with E-state index < -0.39 is 0 Å². The first-order chi connectivity index (χ1) is 7.70. The van der Waals surface area contributed by atoms with Crippen LogP contribution >= 0.6 is 11.6 Å². The van der Waals surface area contributed by atoms with Gasteiger partial charge in [0.15, 0.2) is 0 Å². The molecular formula is C14H18ClN. The molecule has 0 amide bonds. The van der Waals surface area contributed by atoms with E-state index in [9.17, 15) is 0 Å². The number of rotatable bonds is 2. The standard InChI is InChI=1S/C14H18ClN/c1-10-12(8-5-9-13(10)15)14(16)11-6-3-2-4-7-11/h5-6,8-9,14H,2-4,7,16H2,1H3. The van der Waals surface area contributed by atoms with E-state index in [1.807, 2.05) is 19.1 Å². The summed E-state index contributed by atoms with van der Waals surface area (Å²) in [5.74, 6) is 0. The van der Waals surface area contributed by atoms with Crippen LogP contribution in [0.5, 0.6) is 0 Å². The van der Waals surface area contributed by atoms with E-state index in [0.717, 1.165) is 17.0 Å². The third-order valence-corrected chi connectivity index (χ3v) is 3.78. The fraction of sp³-hybridized carbons (Fsp3) is 0.429. The monoisotopic (exact) mass is 235 g/mol. The van der Waals surface area contributed by atoms with Crippen LogP contribution in [0.15, 0.2) is 29.8 Å². The van der Waals surface area contributed by atoms with Crippen molar-refractivity contribution in [2.24, 2.45) is 5.73 Å². The molecule has 1 nitrogen and oxygen atoms in total. The fourth-order valence-electron chi connectivity index (χ4n) is 2.31. The quantitative estimate of drug-likeness (QED) is 0.766. The molecule has 2 N–H and O–H groups in total. The number of hydrogen-bond donors (Lipinski definition) is 1. The predicted molar refractivity (Wildman–Crippen MR) is 69.7 cm³/mol. The smallest absolute Gasteiger partial charge is 0.0514 e. The lowest BCUT2D eigenvalue weighted by atomic mass is 9.89. The van der Waals surface area contributed by atoms with Crippen LogP contribution in [0.25, 0.3) is 0 Å². The van der Waals surface area contributed by atoms with Gasteiger partial charge in [-0.3, -0.25) is 0 Å². The summed E-state index contributed by atoms with van der Waals surface area (Å²) in [4.78, 5) is 0. The van der Waals surface area contributed by atoms with Crippen LogP contribution in [0.3, 0.4) is 0 Å². The van der Waals surface area contributed by atoms with Gasteiger partial charge >= 0.3 is 0 Å². The van der Waals surface area contributed by atoms with Gasteiger partial charge in [-0.05, 0) is 49.8 Å². The molecule has 0 spiro atoms. The van der Waals surface area contributed by atoms with Gasteiger partial charge in [-0.2, -0.15) is 0 Å². The number of hydrogen-bond acceptors (Lipinski definition) is 1. The van der Waals surface area contributed by atoms with Crippen molar-refractivity contribution in [3.8, 4) is 0 Å². The van der Waals surface area contributed by atoms with Crippen LogP contribution in [0, 0.1) is 6.92 Å². The number of halogens is 1. The van der Waals surface area contributed by atoms with Gasteiger partial charge in [-0.15, -0.1) is 0 Å². The van der Waals surface area contributed by atoms with Crippen molar-refractivity contribution in [2.45, 2.75) is 38.6 Å². The molecule has 0 saturated carbocycles. The van der Waals surface area contributed by atoms with Crippen molar-refractivity contribution < 1.29 is 0 Å². The highest BCUT2D eigenvalue weighted by molar-refractivity contribution is 6.31. The average molecular weight is 236 g/mol. The Kier molecular flexibility index (Phi) is 3.67. The lowest BCUT2D eigenvalue weighted by Gasteiger charge is -2.21. The molecule has 0 fully saturated rings. The molecule has 1 aromatic carbocycles. The highest BCUT2D eigenvalue weighted by Crippen LogP contribution is 2.31. The van der Waals surface area contributed by atoms with Crippen LogP contribution in [-0.4, -0.2) is 0 Å². The van der Waals surface area contributed by atoms with Crippen LogP contribution in [0.2, 0.25) is 5.02 Å². The lowest BCUT2D eigenvalue weighted by molar-refractivity contribution is 0.647. The molecular weight excluding hydrogens is 218 g/mol. The second-order valence-corrected chi connectivity index (χ2v) is 4.86. The Morgan fingerprint density at radius 3 is 2.81 bits per heavy atom. The summed E-state index contributed by atoms with van der Waals surface area (Å²) >= 11 is 6.12. The van der Waals surface area contributed by atoms with Gasteiger partial charge in [0.2, 0.25) is 0 Å². The molecule has 2 heteroatoms. The number of nitrogens with two attached hydrogens (primary N) is 1. The highest BCUT2D eigenvalue weighted by Gasteiger charge is 2.16. The Morgan fingerprint density at radius 2 is 2.12 bits per heavy atom. The van der Waals surface area contributed by atoms with Crippen LogP contribution < -0.4 is 5.73 Å². The predicted octanol–water partition coefficient (Wildman–Crippen LogP) is 4.15. The van der Waals surface area contributed by atoms with Crippen molar-refractivity contribution in [1.82, 2.24) is 0 Å². The maximum Gasteiger partial charge on any atom is 0.0514 e. The van der Waals surface area contributed by atoms with Crippen molar-refractivity contribution in [2.75, 3.05) is 0 Å². The van der Waals surface area contributed by atoms with Gasteiger partial charge < -0.3 is 5.73 Å². The van der Waals surface area contributed by atoms with E-state index in [-0.39, 0.29) is 6.04 Å². The summed E-state index contributed by atoms with van der Waals surface area (Å²) in [6.07, 6.45) is 7.16. The van der Waals surface area contributed by atoms with Crippen molar-refractivity contribution in [3.63, 3.8) is 0 Å². The molecule has 1 aliphatic carbocycles. The van der Waals surface area contributed by atoms with Crippen LogP contribution in [-0.2, 0) is 0 Å². The molecule has 0 aliphatic heterocycles. The number of allylic oxidation sites excluding steroid dienone is 1. The Labute approximate surface area is 102 Å². The van der Waals surface area contributed by atoms with Crippen LogP contribution in [0.1, 0.15) is 42.9 Å². The molecule has 0 saturated heterocycles. The van der Waals surface area contributed by atoms with E-state index >= 15 is 0 Å². The Balaban J connectivity index is 2.29. The van der Waals surface area contributed by atoms with Gasteiger partial charge in [0, 0.05) is 5.02 Å². The Bertz CT molecular complexity index is 409.